The van der Waals surface area contributed by atoms with Crippen LogP contribution >= 0.6 is 0 Å². The maximum Gasteiger partial charge on any atom is 0.421 e. The highest BCUT2D eigenvalue weighted by molar-refractivity contribution is 5.90. The van der Waals surface area contributed by atoms with E-state index in [1.54, 1.807) is 9.47 Å². The van der Waals surface area contributed by atoms with E-state index in [-0.39, 0.29) is 37.4 Å². The zero-order valence-electron chi connectivity index (χ0n) is 33.5. The summed E-state index contributed by atoms with van der Waals surface area (Å²) in [6.07, 6.45) is 0.582. The Bertz CT molecular complexity index is 2090. The van der Waals surface area contributed by atoms with Gasteiger partial charge in [0.25, 0.3) is 0 Å². The minimum Gasteiger partial charge on any atom is -0.448 e. The summed E-state index contributed by atoms with van der Waals surface area (Å²) < 4.78 is 13.5. The number of hydrogen-bond acceptors (Lipinski definition) is 8. The number of para-hydroxylation sites is 2. The highest BCUT2D eigenvalue weighted by atomic mass is 16.6. The van der Waals surface area contributed by atoms with E-state index in [1.807, 2.05) is 72.8 Å². The van der Waals surface area contributed by atoms with Crippen LogP contribution in [0.1, 0.15) is 48.9 Å². The molecule has 0 saturated carbocycles. The van der Waals surface area contributed by atoms with Crippen molar-refractivity contribution >= 4 is 29.2 Å². The fourth-order valence-corrected chi connectivity index (χ4v) is 7.45. The zero-order valence-corrected chi connectivity index (χ0v) is 33.5. The third-order valence-electron chi connectivity index (χ3n) is 10.9. The minimum absolute atomic E-state index is 0.00438. The van der Waals surface area contributed by atoms with Gasteiger partial charge in [0.15, 0.2) is 0 Å². The van der Waals surface area contributed by atoms with E-state index in [2.05, 4.69) is 102 Å². The number of nitrogens with one attached hydrogen (secondary N) is 1. The second kappa shape index (κ2) is 19.9. The molecule has 0 spiro atoms. The molecule has 58 heavy (non-hydrogen) atoms. The second-order valence-electron chi connectivity index (χ2n) is 15.3. The molecule has 0 unspecified atom stereocenters. The molecule has 10 nitrogen and oxygen atoms in total. The fraction of sp³-hybridized carbons (Fsp3) is 0.312. The number of fused-ring (bicyclic) bond motifs is 1. The summed E-state index contributed by atoms with van der Waals surface area (Å²) in [5.41, 5.74) is 6.20. The molecule has 5 aromatic carbocycles. The Morgan fingerprint density at radius 1 is 0.603 bits per heavy atom. The van der Waals surface area contributed by atoms with Crippen LogP contribution in [0, 0.1) is 0 Å². The van der Waals surface area contributed by atoms with Crippen molar-refractivity contribution in [3.63, 3.8) is 0 Å². The number of hydrogen-bond donors (Lipinski definition) is 1. The summed E-state index contributed by atoms with van der Waals surface area (Å²) in [4.78, 5) is 38.5. The van der Waals surface area contributed by atoms with Gasteiger partial charge in [0.1, 0.15) is 13.2 Å². The van der Waals surface area contributed by atoms with Gasteiger partial charge in [-0.15, -0.1) is 0 Å². The van der Waals surface area contributed by atoms with Crippen LogP contribution in [0.4, 0.5) is 15.5 Å². The average Bonchev–Trinajstić information content (AvgIpc) is 3.63. The summed E-state index contributed by atoms with van der Waals surface area (Å²) in [5, 5.41) is 3.52. The number of likely N-dealkylation sites (tertiary alicyclic amines) is 1. The molecular formula is C48H54N6O4. The molecule has 6 aromatic rings. The van der Waals surface area contributed by atoms with Gasteiger partial charge >= 0.3 is 12.2 Å². The quantitative estimate of drug-likeness (QED) is 0.104. The number of benzene rings is 5. The van der Waals surface area contributed by atoms with Gasteiger partial charge < -0.3 is 19.7 Å². The van der Waals surface area contributed by atoms with Crippen molar-refractivity contribution in [1.29, 1.82) is 0 Å². The number of piperidine rings is 1. The lowest BCUT2D eigenvalue weighted by Gasteiger charge is -2.33. The van der Waals surface area contributed by atoms with Crippen LogP contribution in [-0.2, 0) is 35.7 Å². The van der Waals surface area contributed by atoms with Gasteiger partial charge in [0.05, 0.1) is 11.0 Å². The molecule has 0 radical (unpaired) electrons. The van der Waals surface area contributed by atoms with Crippen molar-refractivity contribution in [2.75, 3.05) is 31.6 Å². The van der Waals surface area contributed by atoms with Crippen molar-refractivity contribution in [3.05, 3.63) is 168 Å². The average molecular weight is 779 g/mol. The second-order valence-corrected chi connectivity index (χ2v) is 15.3. The van der Waals surface area contributed by atoms with E-state index >= 15 is 0 Å². The first-order chi connectivity index (χ1) is 28.4. The molecule has 1 aliphatic rings. The molecule has 1 aliphatic heterocycles. The van der Waals surface area contributed by atoms with Gasteiger partial charge in [-0.25, -0.2) is 19.1 Å². The lowest BCUT2D eigenvalue weighted by atomic mass is 10.1. The summed E-state index contributed by atoms with van der Waals surface area (Å²) in [6.45, 7) is 8.72. The maximum absolute atomic E-state index is 13.9. The van der Waals surface area contributed by atoms with E-state index in [4.69, 9.17) is 14.5 Å². The summed E-state index contributed by atoms with van der Waals surface area (Å²) in [5.74, 6) is 0.441. The maximum atomic E-state index is 13.9. The first-order valence-corrected chi connectivity index (χ1v) is 20.4. The van der Waals surface area contributed by atoms with Gasteiger partial charge in [0.2, 0.25) is 5.95 Å². The van der Waals surface area contributed by atoms with E-state index in [1.165, 1.54) is 22.3 Å². The Kier molecular flexibility index (Phi) is 13.8. The number of rotatable bonds is 16. The molecule has 1 aromatic heterocycles. The normalized spacial score (nSPS) is 14.4. The molecule has 1 N–H and O–H groups in total. The predicted octanol–water partition coefficient (Wildman–Crippen LogP) is 9.22. The molecular weight excluding hydrogens is 725 g/mol. The number of carbonyl (C=O) groups is 2. The standard InChI is InChI=1S/C48H54N6O4/c1-37(52(31-39-17-7-3-8-18-39)32-40-19-9-4-10-20-40)35-57-47(55)51-29-27-43(28-30-51)49-46-50-44-25-15-16-26-45(44)54(46)48(56)58-36-38(2)53(33-41-21-11-5-12-22-41)34-42-23-13-6-14-24-42/h3-26,37-38,43H,27-36H2,1-2H3,(H,49,50)/t37-,38-/m0/s1. The van der Waals surface area contributed by atoms with Gasteiger partial charge in [-0.1, -0.05) is 133 Å². The molecule has 0 aliphatic carbocycles. The first kappa shape index (κ1) is 40.2. The molecule has 7 rings (SSSR count). The Morgan fingerprint density at radius 3 is 1.45 bits per heavy atom. The number of nitrogens with zero attached hydrogens (tertiary/aromatic N) is 5. The van der Waals surface area contributed by atoms with E-state index in [0.29, 0.717) is 42.9 Å². The lowest BCUT2D eigenvalue weighted by Crippen LogP contribution is -2.44. The number of amides is 1. The van der Waals surface area contributed by atoms with Gasteiger partial charge in [-0.2, -0.15) is 0 Å². The Labute approximate surface area is 342 Å². The number of carbonyl (C=O) groups excluding carboxylic acids is 2. The van der Waals surface area contributed by atoms with Crippen molar-refractivity contribution in [3.8, 4) is 0 Å². The minimum atomic E-state index is -0.480. The van der Waals surface area contributed by atoms with Crippen LogP contribution in [0.25, 0.3) is 11.0 Å². The smallest absolute Gasteiger partial charge is 0.421 e. The Hall–Kier alpha value is -5.97. The summed E-state index contributed by atoms with van der Waals surface area (Å²) >= 11 is 0. The molecule has 2 heterocycles. The summed E-state index contributed by atoms with van der Waals surface area (Å²) in [7, 11) is 0. The topological polar surface area (TPSA) is 92.2 Å². The number of ether oxygens (including phenoxy) is 2. The number of imidazole rings is 1. The highest BCUT2D eigenvalue weighted by Gasteiger charge is 2.28. The third kappa shape index (κ3) is 10.9. The van der Waals surface area contributed by atoms with Gasteiger partial charge in [-0.05, 0) is 61.1 Å². The van der Waals surface area contributed by atoms with Gasteiger partial charge in [0, 0.05) is 57.4 Å². The molecule has 1 saturated heterocycles. The van der Waals surface area contributed by atoms with Crippen molar-refractivity contribution in [2.24, 2.45) is 0 Å². The molecule has 1 fully saturated rings. The molecule has 300 valence electrons. The van der Waals surface area contributed by atoms with Crippen molar-refractivity contribution < 1.29 is 19.1 Å². The van der Waals surface area contributed by atoms with Crippen molar-refractivity contribution in [2.45, 2.75) is 71.0 Å². The van der Waals surface area contributed by atoms with Crippen LogP contribution in [0.5, 0.6) is 0 Å². The molecule has 1 amide bonds. The molecule has 0 bridgehead atoms. The SMILES string of the molecule is C[C@@H](COC(=O)N1CCC(Nc2nc3ccccc3n2C(=O)OC[C@H](C)N(Cc2ccccc2)Cc2ccccc2)CC1)N(Cc1ccccc1)Cc1ccccc1. The number of aromatic nitrogens is 2. The van der Waals surface area contributed by atoms with E-state index in [9.17, 15) is 9.59 Å². The Morgan fingerprint density at radius 2 is 1.00 bits per heavy atom. The van der Waals surface area contributed by atoms with E-state index in [0.717, 1.165) is 26.2 Å². The van der Waals surface area contributed by atoms with Crippen LogP contribution in [0.3, 0.4) is 0 Å². The monoisotopic (exact) mass is 778 g/mol. The van der Waals surface area contributed by atoms with Gasteiger partial charge in [-0.3, -0.25) is 9.80 Å². The highest BCUT2D eigenvalue weighted by Crippen LogP contribution is 2.24. The first-order valence-electron chi connectivity index (χ1n) is 20.4. The van der Waals surface area contributed by atoms with Crippen LogP contribution in [0.2, 0.25) is 0 Å². The molecule has 10 heteroatoms. The van der Waals surface area contributed by atoms with Crippen molar-refractivity contribution in [1.82, 2.24) is 24.3 Å². The molecule has 2 atom stereocenters. The third-order valence-corrected chi connectivity index (χ3v) is 10.9. The van der Waals surface area contributed by atoms with Crippen LogP contribution in [0.15, 0.2) is 146 Å². The zero-order chi connectivity index (χ0) is 40.1. The summed E-state index contributed by atoms with van der Waals surface area (Å²) in [6, 6.07) is 49.0. The van der Waals surface area contributed by atoms with Crippen LogP contribution < -0.4 is 5.32 Å². The van der Waals surface area contributed by atoms with Crippen LogP contribution in [-0.4, -0.2) is 80.9 Å². The lowest BCUT2D eigenvalue weighted by molar-refractivity contribution is 0.0595. The predicted molar refractivity (Wildman–Crippen MR) is 229 cm³/mol. The fourth-order valence-electron chi connectivity index (χ4n) is 7.45. The largest absolute Gasteiger partial charge is 0.448 e. The van der Waals surface area contributed by atoms with E-state index < -0.39 is 6.09 Å². The number of anilines is 1. The Balaban J connectivity index is 0.943.